The van der Waals surface area contributed by atoms with Crippen molar-refractivity contribution in [2.75, 3.05) is 18.4 Å². The van der Waals surface area contributed by atoms with Crippen molar-refractivity contribution in [2.45, 2.75) is 41.0 Å². The second kappa shape index (κ2) is 7.08. The molecule has 0 saturated heterocycles. The van der Waals surface area contributed by atoms with Crippen molar-refractivity contribution in [3.8, 4) is 0 Å². The number of rotatable bonds is 5. The molecule has 20 heavy (non-hydrogen) atoms. The molecule has 0 heterocycles. The number of carbonyl (C=O) groups is 2. The first kappa shape index (κ1) is 16.2. The van der Waals surface area contributed by atoms with Gasteiger partial charge in [-0.05, 0) is 45.7 Å². The second-order valence-electron chi connectivity index (χ2n) is 5.06. The lowest BCUT2D eigenvalue weighted by atomic mass is 10.0. The van der Waals surface area contributed by atoms with E-state index in [0.717, 1.165) is 22.4 Å². The van der Waals surface area contributed by atoms with Crippen molar-refractivity contribution in [1.29, 1.82) is 0 Å². The van der Waals surface area contributed by atoms with Gasteiger partial charge in [0.2, 0.25) is 11.8 Å². The predicted octanol–water partition coefficient (Wildman–Crippen LogP) is 2.81. The Bertz CT molecular complexity index is 482. The van der Waals surface area contributed by atoms with E-state index in [1.807, 2.05) is 46.8 Å². The number of anilines is 1. The summed E-state index contributed by atoms with van der Waals surface area (Å²) in [6.45, 7) is 11.0. The summed E-state index contributed by atoms with van der Waals surface area (Å²) in [5, 5.41) is 2.85. The standard InChI is InChI=1S/C16H24N2O2/c1-6-18(7-2)15(20)10-14(19)17-16-12(4)8-11(3)9-13(16)5/h8-9H,6-7,10H2,1-5H3,(H,17,19). The van der Waals surface area contributed by atoms with Crippen LogP contribution in [-0.4, -0.2) is 29.8 Å². The minimum Gasteiger partial charge on any atom is -0.343 e. The molecule has 1 rings (SSSR count). The molecule has 1 N–H and O–H groups in total. The van der Waals surface area contributed by atoms with Gasteiger partial charge in [0.05, 0.1) is 0 Å². The third-order valence-corrected chi connectivity index (χ3v) is 3.37. The molecule has 1 aromatic carbocycles. The third kappa shape index (κ3) is 4.08. The number of aryl methyl sites for hydroxylation is 3. The van der Waals surface area contributed by atoms with E-state index < -0.39 is 0 Å². The average molecular weight is 276 g/mol. The van der Waals surface area contributed by atoms with Gasteiger partial charge in [-0.3, -0.25) is 9.59 Å². The van der Waals surface area contributed by atoms with Crippen LogP contribution in [-0.2, 0) is 9.59 Å². The molecule has 1 aromatic rings. The van der Waals surface area contributed by atoms with E-state index in [2.05, 4.69) is 5.32 Å². The molecule has 4 nitrogen and oxygen atoms in total. The van der Waals surface area contributed by atoms with E-state index in [4.69, 9.17) is 0 Å². The van der Waals surface area contributed by atoms with Gasteiger partial charge >= 0.3 is 0 Å². The maximum Gasteiger partial charge on any atom is 0.233 e. The highest BCUT2D eigenvalue weighted by Gasteiger charge is 2.16. The Morgan fingerprint density at radius 2 is 1.55 bits per heavy atom. The van der Waals surface area contributed by atoms with Gasteiger partial charge in [0.1, 0.15) is 6.42 Å². The molecule has 0 spiro atoms. The van der Waals surface area contributed by atoms with Gasteiger partial charge in [-0.15, -0.1) is 0 Å². The third-order valence-electron chi connectivity index (χ3n) is 3.37. The largest absolute Gasteiger partial charge is 0.343 e. The summed E-state index contributed by atoms with van der Waals surface area (Å²) in [4.78, 5) is 25.5. The quantitative estimate of drug-likeness (QED) is 0.841. The summed E-state index contributed by atoms with van der Waals surface area (Å²) >= 11 is 0. The first-order chi connectivity index (χ1) is 9.38. The summed E-state index contributed by atoms with van der Waals surface area (Å²) in [7, 11) is 0. The van der Waals surface area contributed by atoms with Gasteiger partial charge in [-0.1, -0.05) is 17.7 Å². The molecule has 0 aliphatic rings. The molecule has 0 atom stereocenters. The lowest BCUT2D eigenvalue weighted by Crippen LogP contribution is -2.33. The number of carbonyl (C=O) groups excluding carboxylic acids is 2. The van der Waals surface area contributed by atoms with E-state index in [1.165, 1.54) is 0 Å². The highest BCUT2D eigenvalue weighted by atomic mass is 16.2. The van der Waals surface area contributed by atoms with Gasteiger partial charge < -0.3 is 10.2 Å². The van der Waals surface area contributed by atoms with Crippen LogP contribution in [0.25, 0.3) is 0 Å². The molecule has 4 heteroatoms. The van der Waals surface area contributed by atoms with Crippen LogP contribution in [0.2, 0.25) is 0 Å². The Hall–Kier alpha value is -1.84. The number of amides is 2. The van der Waals surface area contributed by atoms with Gasteiger partial charge in [-0.2, -0.15) is 0 Å². The summed E-state index contributed by atoms with van der Waals surface area (Å²) in [6.07, 6.45) is -0.103. The number of hydrogen-bond acceptors (Lipinski definition) is 2. The Morgan fingerprint density at radius 3 is 2.00 bits per heavy atom. The normalized spacial score (nSPS) is 10.2. The molecular weight excluding hydrogens is 252 g/mol. The summed E-state index contributed by atoms with van der Waals surface area (Å²) in [6, 6.07) is 4.05. The Labute approximate surface area is 121 Å². The van der Waals surface area contributed by atoms with Gasteiger partial charge in [0, 0.05) is 18.8 Å². The Balaban J connectivity index is 2.75. The topological polar surface area (TPSA) is 49.4 Å². The summed E-state index contributed by atoms with van der Waals surface area (Å²) in [5.41, 5.74) is 4.02. The van der Waals surface area contributed by atoms with Crippen LogP contribution >= 0.6 is 0 Å². The van der Waals surface area contributed by atoms with Crippen molar-refractivity contribution < 1.29 is 9.59 Å². The van der Waals surface area contributed by atoms with Gasteiger partial charge in [-0.25, -0.2) is 0 Å². The fraction of sp³-hybridized carbons (Fsp3) is 0.500. The Kier molecular flexibility index (Phi) is 5.74. The zero-order valence-corrected chi connectivity index (χ0v) is 13.0. The van der Waals surface area contributed by atoms with Crippen LogP contribution in [0.1, 0.15) is 37.0 Å². The van der Waals surface area contributed by atoms with Crippen molar-refractivity contribution >= 4 is 17.5 Å². The highest BCUT2D eigenvalue weighted by molar-refractivity contribution is 6.04. The van der Waals surface area contributed by atoms with Crippen LogP contribution in [0.4, 0.5) is 5.69 Å². The molecule has 0 fully saturated rings. The van der Waals surface area contributed by atoms with E-state index >= 15 is 0 Å². The molecule has 2 amide bonds. The van der Waals surface area contributed by atoms with Crippen LogP contribution in [0.15, 0.2) is 12.1 Å². The minimum atomic E-state index is -0.253. The molecule has 0 radical (unpaired) electrons. The number of nitrogens with one attached hydrogen (secondary N) is 1. The molecule has 0 unspecified atom stereocenters. The smallest absolute Gasteiger partial charge is 0.233 e. The van der Waals surface area contributed by atoms with Crippen LogP contribution < -0.4 is 5.32 Å². The first-order valence-electron chi connectivity index (χ1n) is 7.04. The fourth-order valence-corrected chi connectivity index (χ4v) is 2.39. The monoisotopic (exact) mass is 276 g/mol. The lowest BCUT2D eigenvalue weighted by molar-refractivity contribution is -0.134. The summed E-state index contributed by atoms with van der Waals surface area (Å²) < 4.78 is 0. The molecule has 0 saturated carbocycles. The molecule has 110 valence electrons. The van der Waals surface area contributed by atoms with E-state index in [1.54, 1.807) is 4.90 Å². The zero-order chi connectivity index (χ0) is 15.3. The average Bonchev–Trinajstić information content (AvgIpc) is 2.35. The molecular formula is C16H24N2O2. The molecule has 0 aromatic heterocycles. The lowest BCUT2D eigenvalue weighted by Gasteiger charge is -2.19. The van der Waals surface area contributed by atoms with Crippen LogP contribution in [0.5, 0.6) is 0 Å². The maximum absolute atomic E-state index is 12.0. The van der Waals surface area contributed by atoms with E-state index in [-0.39, 0.29) is 18.2 Å². The second-order valence-corrected chi connectivity index (χ2v) is 5.06. The fourth-order valence-electron chi connectivity index (χ4n) is 2.39. The summed E-state index contributed by atoms with van der Waals surface area (Å²) in [5.74, 6) is -0.383. The van der Waals surface area contributed by atoms with E-state index in [0.29, 0.717) is 13.1 Å². The first-order valence-corrected chi connectivity index (χ1v) is 7.04. The molecule has 0 aliphatic carbocycles. The van der Waals surface area contributed by atoms with Crippen LogP contribution in [0.3, 0.4) is 0 Å². The van der Waals surface area contributed by atoms with Crippen molar-refractivity contribution in [3.05, 3.63) is 28.8 Å². The maximum atomic E-state index is 12.0. The van der Waals surface area contributed by atoms with Crippen molar-refractivity contribution in [2.24, 2.45) is 0 Å². The Morgan fingerprint density at radius 1 is 1.05 bits per heavy atom. The SMILES string of the molecule is CCN(CC)C(=O)CC(=O)Nc1c(C)cc(C)cc1C. The molecule has 0 bridgehead atoms. The van der Waals surface area contributed by atoms with Crippen molar-refractivity contribution in [3.63, 3.8) is 0 Å². The number of benzene rings is 1. The highest BCUT2D eigenvalue weighted by Crippen LogP contribution is 2.22. The van der Waals surface area contributed by atoms with Crippen LogP contribution in [0, 0.1) is 20.8 Å². The zero-order valence-electron chi connectivity index (χ0n) is 13.0. The predicted molar refractivity (Wildman–Crippen MR) is 81.8 cm³/mol. The molecule has 0 aliphatic heterocycles. The minimum absolute atomic E-state index is 0.103. The number of nitrogens with zero attached hydrogens (tertiary/aromatic N) is 1. The van der Waals surface area contributed by atoms with Gasteiger partial charge in [0.25, 0.3) is 0 Å². The van der Waals surface area contributed by atoms with E-state index in [9.17, 15) is 9.59 Å². The van der Waals surface area contributed by atoms with Crippen molar-refractivity contribution in [1.82, 2.24) is 4.90 Å². The van der Waals surface area contributed by atoms with Gasteiger partial charge in [0.15, 0.2) is 0 Å². The number of hydrogen-bond donors (Lipinski definition) is 1.